The number of amides is 1. The van der Waals surface area contributed by atoms with Gasteiger partial charge in [0, 0.05) is 42.8 Å². The highest BCUT2D eigenvalue weighted by atomic mass is 16.2. The summed E-state index contributed by atoms with van der Waals surface area (Å²) in [6.07, 6.45) is 12.5. The first kappa shape index (κ1) is 16.9. The highest BCUT2D eigenvalue weighted by Gasteiger charge is 2.40. The lowest BCUT2D eigenvalue weighted by Gasteiger charge is -2.34. The van der Waals surface area contributed by atoms with E-state index in [9.17, 15) is 4.79 Å². The van der Waals surface area contributed by atoms with Crippen LogP contribution in [0, 0.1) is 0 Å². The number of carbonyl (C=O) groups excluding carboxylic acids is 1. The Morgan fingerprint density at radius 3 is 2.64 bits per heavy atom. The van der Waals surface area contributed by atoms with Gasteiger partial charge in [-0.05, 0) is 36.5 Å². The van der Waals surface area contributed by atoms with Crippen LogP contribution in [-0.2, 0) is 7.05 Å². The topological polar surface area (TPSA) is 51.0 Å². The molecular weight excluding hydrogens is 348 g/mol. The van der Waals surface area contributed by atoms with Crippen molar-refractivity contribution in [2.45, 2.75) is 31.3 Å². The van der Waals surface area contributed by atoms with Crippen LogP contribution in [0.1, 0.15) is 35.2 Å². The lowest BCUT2D eigenvalue weighted by molar-refractivity contribution is 0.0692. The molecule has 4 heterocycles. The van der Waals surface area contributed by atoms with Gasteiger partial charge in [0.15, 0.2) is 0 Å². The maximum Gasteiger partial charge on any atom is 0.256 e. The molecule has 5 rings (SSSR count). The molecule has 5 heteroatoms. The normalized spacial score (nSPS) is 20.9. The predicted octanol–water partition coefficient (Wildman–Crippen LogP) is 3.94. The van der Waals surface area contributed by atoms with Gasteiger partial charge >= 0.3 is 0 Å². The van der Waals surface area contributed by atoms with Gasteiger partial charge in [0.25, 0.3) is 5.91 Å². The SMILES string of the molecule is Cn1cc(-c2cncc(C(=O)N3C4C=C(c5ccccc5)CC3CC4)c2)cn1. The lowest BCUT2D eigenvalue weighted by atomic mass is 9.94. The van der Waals surface area contributed by atoms with Crippen LogP contribution in [0.15, 0.2) is 67.3 Å². The van der Waals surface area contributed by atoms with Crippen molar-refractivity contribution in [1.82, 2.24) is 19.7 Å². The fourth-order valence-corrected chi connectivity index (χ4v) is 4.45. The van der Waals surface area contributed by atoms with E-state index in [-0.39, 0.29) is 18.0 Å². The maximum atomic E-state index is 13.3. The fraction of sp³-hybridized carbons (Fsp3) is 0.261. The summed E-state index contributed by atoms with van der Waals surface area (Å²) in [6, 6.07) is 12.9. The molecule has 0 aliphatic carbocycles. The van der Waals surface area contributed by atoms with E-state index in [2.05, 4.69) is 45.3 Å². The average molecular weight is 370 g/mol. The Balaban J connectivity index is 1.43. The summed E-state index contributed by atoms with van der Waals surface area (Å²) in [5.41, 5.74) is 5.17. The molecule has 0 spiro atoms. The molecule has 1 saturated heterocycles. The molecule has 1 amide bonds. The predicted molar refractivity (Wildman–Crippen MR) is 108 cm³/mol. The molecule has 0 N–H and O–H groups in total. The van der Waals surface area contributed by atoms with Crippen molar-refractivity contribution in [3.63, 3.8) is 0 Å². The number of rotatable bonds is 3. The largest absolute Gasteiger partial charge is 0.329 e. The highest BCUT2D eigenvalue weighted by Crippen LogP contribution is 2.39. The van der Waals surface area contributed by atoms with Crippen LogP contribution in [0.2, 0.25) is 0 Å². The van der Waals surface area contributed by atoms with E-state index in [0.717, 1.165) is 30.4 Å². The van der Waals surface area contributed by atoms with Crippen molar-refractivity contribution in [3.05, 3.63) is 78.4 Å². The van der Waals surface area contributed by atoms with E-state index >= 15 is 0 Å². The summed E-state index contributed by atoms with van der Waals surface area (Å²) in [4.78, 5) is 19.7. The molecule has 2 atom stereocenters. The first-order valence-electron chi connectivity index (χ1n) is 9.72. The van der Waals surface area contributed by atoms with Crippen molar-refractivity contribution < 1.29 is 4.79 Å². The number of carbonyl (C=O) groups is 1. The molecule has 2 aromatic heterocycles. The molecular formula is C23H22N4O. The molecule has 0 saturated carbocycles. The first-order chi connectivity index (χ1) is 13.7. The maximum absolute atomic E-state index is 13.3. The van der Waals surface area contributed by atoms with E-state index in [0.29, 0.717) is 5.56 Å². The van der Waals surface area contributed by atoms with Gasteiger partial charge in [0.05, 0.1) is 17.8 Å². The Morgan fingerprint density at radius 1 is 1.04 bits per heavy atom. The third-order valence-electron chi connectivity index (χ3n) is 5.80. The van der Waals surface area contributed by atoms with Gasteiger partial charge in [0.1, 0.15) is 0 Å². The molecule has 1 aromatic carbocycles. The number of aromatic nitrogens is 3. The van der Waals surface area contributed by atoms with Crippen LogP contribution in [-0.4, -0.2) is 37.7 Å². The molecule has 140 valence electrons. The lowest BCUT2D eigenvalue weighted by Crippen LogP contribution is -2.43. The van der Waals surface area contributed by atoms with Crippen LogP contribution in [0.4, 0.5) is 0 Å². The number of nitrogens with zero attached hydrogens (tertiary/aromatic N) is 4. The van der Waals surface area contributed by atoms with Gasteiger partial charge < -0.3 is 4.90 Å². The zero-order chi connectivity index (χ0) is 19.1. The Labute approximate surface area is 164 Å². The minimum atomic E-state index is 0.0779. The minimum Gasteiger partial charge on any atom is -0.329 e. The molecule has 1 fully saturated rings. The number of hydrogen-bond acceptors (Lipinski definition) is 3. The summed E-state index contributed by atoms with van der Waals surface area (Å²) in [7, 11) is 1.88. The summed E-state index contributed by atoms with van der Waals surface area (Å²) in [5, 5.41) is 4.21. The Kier molecular flexibility index (Phi) is 4.08. The Hall–Kier alpha value is -3.21. The summed E-state index contributed by atoms with van der Waals surface area (Å²) < 4.78 is 1.75. The van der Waals surface area contributed by atoms with Gasteiger partial charge in [-0.15, -0.1) is 0 Å². The van der Waals surface area contributed by atoms with E-state index < -0.39 is 0 Å². The van der Waals surface area contributed by atoms with Gasteiger partial charge in [-0.2, -0.15) is 5.10 Å². The van der Waals surface area contributed by atoms with Crippen molar-refractivity contribution in [2.75, 3.05) is 0 Å². The zero-order valence-corrected chi connectivity index (χ0v) is 15.8. The van der Waals surface area contributed by atoms with Gasteiger partial charge in [-0.3, -0.25) is 14.5 Å². The second-order valence-electron chi connectivity index (χ2n) is 7.64. The van der Waals surface area contributed by atoms with E-state index in [4.69, 9.17) is 0 Å². The van der Waals surface area contributed by atoms with Crippen LogP contribution < -0.4 is 0 Å². The molecule has 2 aliphatic rings. The van der Waals surface area contributed by atoms with Crippen molar-refractivity contribution in [2.24, 2.45) is 7.05 Å². The Bertz CT molecular complexity index is 1050. The quantitative estimate of drug-likeness (QED) is 0.702. The van der Waals surface area contributed by atoms with Gasteiger partial charge in [-0.1, -0.05) is 36.4 Å². The van der Waals surface area contributed by atoms with Crippen LogP contribution in [0.3, 0.4) is 0 Å². The number of aryl methyl sites for hydroxylation is 1. The standard InChI is InChI=1S/C23H22N4O/c1-26-15-20(14-25-26)18-9-19(13-24-12-18)23(28)27-21-7-8-22(27)11-17(10-21)16-5-3-2-4-6-16/h2-6,9-10,12-15,21-22H,7-8,11H2,1H3. The van der Waals surface area contributed by atoms with Gasteiger partial charge in [0.2, 0.25) is 0 Å². The highest BCUT2D eigenvalue weighted by molar-refractivity contribution is 5.96. The van der Waals surface area contributed by atoms with E-state index in [1.165, 1.54) is 11.1 Å². The van der Waals surface area contributed by atoms with Crippen molar-refractivity contribution >= 4 is 11.5 Å². The number of benzene rings is 1. The van der Waals surface area contributed by atoms with Gasteiger partial charge in [-0.25, -0.2) is 0 Å². The third-order valence-corrected chi connectivity index (χ3v) is 5.80. The summed E-state index contributed by atoms with van der Waals surface area (Å²) in [6.45, 7) is 0. The molecule has 2 bridgehead atoms. The number of pyridine rings is 1. The molecule has 2 unspecified atom stereocenters. The van der Waals surface area contributed by atoms with Crippen molar-refractivity contribution in [1.29, 1.82) is 0 Å². The monoisotopic (exact) mass is 370 g/mol. The molecule has 3 aromatic rings. The molecule has 5 nitrogen and oxygen atoms in total. The smallest absolute Gasteiger partial charge is 0.256 e. The number of fused-ring (bicyclic) bond motifs is 2. The fourth-order valence-electron chi connectivity index (χ4n) is 4.45. The summed E-state index contributed by atoms with van der Waals surface area (Å²) >= 11 is 0. The van der Waals surface area contributed by atoms with E-state index in [1.807, 2.05) is 25.4 Å². The summed E-state index contributed by atoms with van der Waals surface area (Å²) in [5.74, 6) is 0.0779. The molecule has 0 radical (unpaired) electrons. The van der Waals surface area contributed by atoms with Crippen LogP contribution in [0.25, 0.3) is 16.7 Å². The molecule has 28 heavy (non-hydrogen) atoms. The number of hydrogen-bond donors (Lipinski definition) is 0. The average Bonchev–Trinajstić information content (AvgIpc) is 3.28. The Morgan fingerprint density at radius 2 is 1.89 bits per heavy atom. The second kappa shape index (κ2) is 6.75. The second-order valence-corrected chi connectivity index (χ2v) is 7.64. The first-order valence-corrected chi connectivity index (χ1v) is 9.72. The zero-order valence-electron chi connectivity index (χ0n) is 15.8. The molecule has 2 aliphatic heterocycles. The third kappa shape index (κ3) is 2.93. The van der Waals surface area contributed by atoms with E-state index in [1.54, 1.807) is 23.3 Å². The minimum absolute atomic E-state index is 0.0779. The van der Waals surface area contributed by atoms with Crippen LogP contribution >= 0.6 is 0 Å². The van der Waals surface area contributed by atoms with Crippen molar-refractivity contribution in [3.8, 4) is 11.1 Å². The van der Waals surface area contributed by atoms with Crippen LogP contribution in [0.5, 0.6) is 0 Å².